The number of carbonyl (C=O) groups is 2. The predicted molar refractivity (Wildman–Crippen MR) is 151 cm³/mol. The second-order valence-electron chi connectivity index (χ2n) is 11.0. The summed E-state index contributed by atoms with van der Waals surface area (Å²) in [7, 11) is 0. The number of urea groups is 1. The van der Waals surface area contributed by atoms with Gasteiger partial charge in [0.05, 0.1) is 11.4 Å². The second-order valence-corrected chi connectivity index (χ2v) is 11.0. The molecule has 0 spiro atoms. The summed E-state index contributed by atoms with van der Waals surface area (Å²) in [6, 6.07) is 3.72. The molecule has 1 aromatic carbocycles. The Balaban J connectivity index is 1.42. The van der Waals surface area contributed by atoms with Crippen molar-refractivity contribution in [1.82, 2.24) is 5.32 Å². The van der Waals surface area contributed by atoms with E-state index in [1.54, 1.807) is 0 Å². The highest BCUT2D eigenvalue weighted by Crippen LogP contribution is 2.32. The lowest BCUT2D eigenvalue weighted by Crippen LogP contribution is -2.44. The summed E-state index contributed by atoms with van der Waals surface area (Å²) in [6.45, 7) is 6.48. The number of unbranched alkanes of at least 4 members (excludes halogenated alkanes) is 13. The van der Waals surface area contributed by atoms with Gasteiger partial charge in [-0.2, -0.15) is 4.99 Å². The maximum atomic E-state index is 12.5. The highest BCUT2D eigenvalue weighted by Gasteiger charge is 2.30. The van der Waals surface area contributed by atoms with Gasteiger partial charge in [-0.05, 0) is 61.8 Å². The standard InChI is InChI=1S/C31H47N3O2/c1-4-5-6-7-8-9-10-11-12-13-14-15-16-17-18-25-21-26-19-23(2)24(3)20-27(26)32-29-28(22-25)33-31(36)34-30(29)35/h19-20,25H,4-18,21-22H2,1-3H3,(H,34,35,36). The average Bonchev–Trinajstić information content (AvgIpc) is 2.83. The van der Waals surface area contributed by atoms with Crippen molar-refractivity contribution < 1.29 is 9.59 Å². The number of nitrogens with one attached hydrogen (secondary N) is 1. The molecule has 0 aromatic heterocycles. The SMILES string of the molecule is CCCCCCCCCCCCCCCCC1CC2=NC(=O)NC(=O)C2=Nc2cc(C)c(C)cc2C1. The number of imide groups is 1. The van der Waals surface area contributed by atoms with Crippen molar-refractivity contribution in [3.63, 3.8) is 0 Å². The summed E-state index contributed by atoms with van der Waals surface area (Å²) < 4.78 is 0. The van der Waals surface area contributed by atoms with Gasteiger partial charge < -0.3 is 0 Å². The van der Waals surface area contributed by atoms with E-state index in [4.69, 9.17) is 0 Å². The molecule has 0 radical (unpaired) electrons. The van der Waals surface area contributed by atoms with Crippen LogP contribution in [0.1, 0.15) is 126 Å². The van der Waals surface area contributed by atoms with Crippen LogP contribution in [0.5, 0.6) is 0 Å². The molecule has 1 aromatic rings. The predicted octanol–water partition coefficient (Wildman–Crippen LogP) is 8.50. The van der Waals surface area contributed by atoms with E-state index in [0.717, 1.165) is 24.1 Å². The highest BCUT2D eigenvalue weighted by molar-refractivity contribution is 6.70. The summed E-state index contributed by atoms with van der Waals surface area (Å²) in [5.41, 5.74) is 5.32. The van der Waals surface area contributed by atoms with Crippen LogP contribution in [0.25, 0.3) is 0 Å². The fourth-order valence-corrected chi connectivity index (χ4v) is 5.49. The van der Waals surface area contributed by atoms with Crippen molar-refractivity contribution in [3.05, 3.63) is 28.8 Å². The van der Waals surface area contributed by atoms with E-state index >= 15 is 0 Å². The largest absolute Gasteiger partial charge is 0.348 e. The first-order chi connectivity index (χ1) is 17.5. The third-order valence-electron chi connectivity index (χ3n) is 7.83. The van der Waals surface area contributed by atoms with Crippen molar-refractivity contribution in [2.75, 3.05) is 0 Å². The van der Waals surface area contributed by atoms with E-state index in [1.807, 2.05) is 0 Å². The maximum Gasteiger partial charge on any atom is 0.348 e. The Morgan fingerprint density at radius 1 is 0.750 bits per heavy atom. The quantitative estimate of drug-likeness (QED) is 0.249. The van der Waals surface area contributed by atoms with Gasteiger partial charge in [0, 0.05) is 0 Å². The Bertz CT molecular complexity index is 947. The molecule has 198 valence electrons. The van der Waals surface area contributed by atoms with Gasteiger partial charge in [0.1, 0.15) is 0 Å². The van der Waals surface area contributed by atoms with Crippen LogP contribution in [0, 0.1) is 19.8 Å². The zero-order valence-electron chi connectivity index (χ0n) is 23.0. The van der Waals surface area contributed by atoms with E-state index in [0.29, 0.717) is 23.8 Å². The molecule has 1 N–H and O–H groups in total. The first kappa shape index (κ1) is 28.3. The number of carbonyl (C=O) groups excluding carboxylic acids is 2. The summed E-state index contributed by atoms with van der Waals surface area (Å²) in [6.07, 6.45) is 21.7. The van der Waals surface area contributed by atoms with Crippen molar-refractivity contribution in [3.8, 4) is 0 Å². The Kier molecular flexibility index (Phi) is 11.8. The number of aliphatic imine (C=N–C) groups is 2. The molecular formula is C31H47N3O2. The number of nitrogens with zero attached hydrogens (tertiary/aromatic N) is 2. The molecule has 2 aliphatic heterocycles. The molecule has 2 aliphatic rings. The zero-order chi connectivity index (χ0) is 25.8. The normalized spacial score (nSPS) is 17.5. The Hall–Kier alpha value is -2.30. The van der Waals surface area contributed by atoms with E-state index in [2.05, 4.69) is 48.2 Å². The Morgan fingerprint density at radius 3 is 1.92 bits per heavy atom. The molecule has 3 amide bonds. The van der Waals surface area contributed by atoms with E-state index in [9.17, 15) is 9.59 Å². The molecule has 2 heterocycles. The molecule has 0 saturated heterocycles. The summed E-state index contributed by atoms with van der Waals surface area (Å²) in [4.78, 5) is 33.2. The van der Waals surface area contributed by atoms with Crippen LogP contribution < -0.4 is 5.32 Å². The van der Waals surface area contributed by atoms with Gasteiger partial charge in [-0.15, -0.1) is 0 Å². The lowest BCUT2D eigenvalue weighted by atomic mass is 9.85. The monoisotopic (exact) mass is 493 g/mol. The Morgan fingerprint density at radius 2 is 1.31 bits per heavy atom. The number of hydrogen-bond acceptors (Lipinski definition) is 3. The van der Waals surface area contributed by atoms with Gasteiger partial charge >= 0.3 is 6.03 Å². The smallest absolute Gasteiger partial charge is 0.271 e. The fraction of sp³-hybridized carbons (Fsp3) is 0.677. The van der Waals surface area contributed by atoms with Crippen molar-refractivity contribution in [2.24, 2.45) is 15.9 Å². The van der Waals surface area contributed by atoms with Crippen LogP contribution in [0.15, 0.2) is 22.1 Å². The average molecular weight is 494 g/mol. The third-order valence-corrected chi connectivity index (χ3v) is 7.83. The minimum absolute atomic E-state index is 0.310. The van der Waals surface area contributed by atoms with Crippen LogP contribution in [-0.2, 0) is 11.2 Å². The molecule has 0 aliphatic carbocycles. The maximum absolute atomic E-state index is 12.5. The van der Waals surface area contributed by atoms with Gasteiger partial charge in [0.15, 0.2) is 5.71 Å². The molecule has 5 heteroatoms. The van der Waals surface area contributed by atoms with Gasteiger partial charge in [-0.1, -0.05) is 103 Å². The molecule has 0 saturated carbocycles. The molecular weight excluding hydrogens is 446 g/mol. The lowest BCUT2D eigenvalue weighted by Gasteiger charge is -2.24. The molecule has 36 heavy (non-hydrogen) atoms. The highest BCUT2D eigenvalue weighted by atomic mass is 16.2. The van der Waals surface area contributed by atoms with Crippen LogP contribution in [0.2, 0.25) is 0 Å². The van der Waals surface area contributed by atoms with Gasteiger partial charge in [0.2, 0.25) is 0 Å². The van der Waals surface area contributed by atoms with Crippen molar-refractivity contribution in [1.29, 1.82) is 0 Å². The van der Waals surface area contributed by atoms with Crippen LogP contribution in [0.4, 0.5) is 10.5 Å². The molecule has 5 nitrogen and oxygen atoms in total. The number of rotatable bonds is 15. The topological polar surface area (TPSA) is 70.9 Å². The first-order valence-corrected chi connectivity index (χ1v) is 14.6. The zero-order valence-corrected chi connectivity index (χ0v) is 23.0. The molecule has 1 atom stereocenters. The molecule has 0 fully saturated rings. The number of benzene rings is 1. The van der Waals surface area contributed by atoms with Gasteiger partial charge in [0.25, 0.3) is 5.91 Å². The number of fused-ring (bicyclic) bond motifs is 2. The van der Waals surface area contributed by atoms with E-state index in [-0.39, 0.29) is 0 Å². The number of aryl methyl sites for hydroxylation is 2. The van der Waals surface area contributed by atoms with Gasteiger partial charge in [-0.25, -0.2) is 9.79 Å². The minimum Gasteiger partial charge on any atom is -0.271 e. The molecule has 3 rings (SSSR count). The summed E-state index contributed by atoms with van der Waals surface area (Å²) in [5.74, 6) is -0.0579. The lowest BCUT2D eigenvalue weighted by molar-refractivity contribution is -0.113. The van der Waals surface area contributed by atoms with Crippen molar-refractivity contribution in [2.45, 2.75) is 130 Å². The van der Waals surface area contributed by atoms with E-state index < -0.39 is 11.9 Å². The first-order valence-electron chi connectivity index (χ1n) is 14.6. The number of hydrogen-bond donors (Lipinski definition) is 1. The number of amides is 3. The van der Waals surface area contributed by atoms with Crippen LogP contribution in [0.3, 0.4) is 0 Å². The van der Waals surface area contributed by atoms with Crippen molar-refractivity contribution >= 4 is 29.0 Å². The third kappa shape index (κ3) is 8.97. The fourth-order valence-electron chi connectivity index (χ4n) is 5.49. The van der Waals surface area contributed by atoms with E-state index in [1.165, 1.54) is 101 Å². The second kappa shape index (κ2) is 15.1. The summed E-state index contributed by atoms with van der Waals surface area (Å²) in [5, 5.41) is 2.30. The van der Waals surface area contributed by atoms with Crippen LogP contribution in [-0.4, -0.2) is 23.4 Å². The summed E-state index contributed by atoms with van der Waals surface area (Å²) >= 11 is 0. The molecule has 0 bridgehead atoms. The van der Waals surface area contributed by atoms with Crippen LogP contribution >= 0.6 is 0 Å². The molecule has 1 unspecified atom stereocenters. The Labute approximate surface area is 218 Å². The van der Waals surface area contributed by atoms with Gasteiger partial charge in [-0.3, -0.25) is 10.1 Å². The minimum atomic E-state index is -0.565.